The highest BCUT2D eigenvalue weighted by atomic mass is 79.9. The topological polar surface area (TPSA) is 20.3 Å². The molecule has 0 saturated heterocycles. The molecule has 0 bridgehead atoms. The van der Waals surface area contributed by atoms with Gasteiger partial charge in [-0.1, -0.05) is 52.3 Å². The second-order valence-corrected chi connectivity index (χ2v) is 7.62. The number of nitrogens with zero attached hydrogens (tertiary/aromatic N) is 1. The van der Waals surface area contributed by atoms with Crippen LogP contribution >= 0.6 is 15.9 Å². The van der Waals surface area contributed by atoms with E-state index in [9.17, 15) is 4.79 Å². The van der Waals surface area contributed by atoms with Gasteiger partial charge in [-0.3, -0.25) is 4.79 Å². The summed E-state index contributed by atoms with van der Waals surface area (Å²) in [5.41, 5.74) is 6.48. The summed E-state index contributed by atoms with van der Waals surface area (Å²) in [6, 6.07) is 16.7. The predicted molar refractivity (Wildman–Crippen MR) is 104 cm³/mol. The molecule has 1 heterocycles. The van der Waals surface area contributed by atoms with E-state index in [2.05, 4.69) is 65.2 Å². The molecule has 0 radical (unpaired) electrons. The summed E-state index contributed by atoms with van der Waals surface area (Å²) in [6.07, 6.45) is 7.22. The minimum Gasteiger partial charge on any atom is -0.318 e. The molecule has 1 aliphatic heterocycles. The lowest BCUT2D eigenvalue weighted by atomic mass is 9.85. The standard InChI is InChI=1S/C22H18BrNO/c1-3-21(25)24-14(2)12-19-18-7-5-4-6-16(18)13-20(19)22(24)15-8-10-17(23)11-9-15/h1,4-11,14,22H,12-13H2,2H3/t14-,22-/m0/s1. The van der Waals surface area contributed by atoms with Gasteiger partial charge in [0, 0.05) is 10.5 Å². The van der Waals surface area contributed by atoms with Gasteiger partial charge in [0.05, 0.1) is 6.04 Å². The Kier molecular flexibility index (Phi) is 4.01. The molecule has 0 spiro atoms. The molecule has 2 atom stereocenters. The molecule has 0 aromatic heterocycles. The first-order chi connectivity index (χ1) is 12.1. The second-order valence-electron chi connectivity index (χ2n) is 6.70. The van der Waals surface area contributed by atoms with Gasteiger partial charge in [0.1, 0.15) is 0 Å². The Labute approximate surface area is 156 Å². The van der Waals surface area contributed by atoms with Crippen LogP contribution in [0.4, 0.5) is 0 Å². The summed E-state index contributed by atoms with van der Waals surface area (Å²) in [6.45, 7) is 2.09. The molecular weight excluding hydrogens is 374 g/mol. The molecule has 4 rings (SSSR count). The number of benzene rings is 2. The molecule has 3 heteroatoms. The second kappa shape index (κ2) is 6.20. The van der Waals surface area contributed by atoms with Crippen molar-refractivity contribution in [1.29, 1.82) is 0 Å². The van der Waals surface area contributed by atoms with Crippen LogP contribution in [0.15, 0.2) is 58.6 Å². The third kappa shape index (κ3) is 2.62. The van der Waals surface area contributed by atoms with Crippen LogP contribution in [0.2, 0.25) is 0 Å². The lowest BCUT2D eigenvalue weighted by Gasteiger charge is -2.41. The Hall–Kier alpha value is -2.31. The molecule has 1 aliphatic carbocycles. The van der Waals surface area contributed by atoms with E-state index in [1.54, 1.807) is 0 Å². The van der Waals surface area contributed by atoms with E-state index >= 15 is 0 Å². The highest BCUT2D eigenvalue weighted by Gasteiger charge is 2.40. The number of amides is 1. The van der Waals surface area contributed by atoms with E-state index in [4.69, 9.17) is 6.42 Å². The number of hydrogen-bond donors (Lipinski definition) is 0. The van der Waals surface area contributed by atoms with Crippen molar-refractivity contribution in [3.05, 3.63) is 75.3 Å². The average molecular weight is 392 g/mol. The summed E-state index contributed by atoms with van der Waals surface area (Å²) in [5.74, 6) is 2.10. The number of hydrogen-bond acceptors (Lipinski definition) is 1. The summed E-state index contributed by atoms with van der Waals surface area (Å²) < 4.78 is 1.03. The minimum atomic E-state index is -0.233. The first-order valence-electron chi connectivity index (χ1n) is 8.44. The quantitative estimate of drug-likeness (QED) is 0.642. The van der Waals surface area contributed by atoms with E-state index in [1.807, 2.05) is 17.0 Å². The first-order valence-corrected chi connectivity index (χ1v) is 9.24. The summed E-state index contributed by atoms with van der Waals surface area (Å²) in [5, 5.41) is 0. The van der Waals surface area contributed by atoms with Crippen LogP contribution in [0.3, 0.4) is 0 Å². The normalized spacial score (nSPS) is 21.6. The summed E-state index contributed by atoms with van der Waals surface area (Å²) in [7, 11) is 0. The fourth-order valence-corrected chi connectivity index (χ4v) is 4.44. The number of rotatable bonds is 1. The van der Waals surface area contributed by atoms with Crippen LogP contribution in [0.25, 0.3) is 5.57 Å². The average Bonchev–Trinajstić information content (AvgIpc) is 2.99. The Morgan fingerprint density at radius 2 is 1.92 bits per heavy atom. The fraction of sp³-hybridized carbons (Fsp3) is 0.227. The highest BCUT2D eigenvalue weighted by molar-refractivity contribution is 9.10. The summed E-state index contributed by atoms with van der Waals surface area (Å²) in [4.78, 5) is 14.4. The van der Waals surface area contributed by atoms with Crippen LogP contribution in [0, 0.1) is 12.3 Å². The van der Waals surface area contributed by atoms with Crippen LogP contribution < -0.4 is 0 Å². The van der Waals surface area contributed by atoms with Gasteiger partial charge in [-0.15, -0.1) is 6.42 Å². The van der Waals surface area contributed by atoms with Crippen LogP contribution in [0.5, 0.6) is 0 Å². The van der Waals surface area contributed by atoms with Crippen molar-refractivity contribution < 1.29 is 4.79 Å². The first kappa shape index (κ1) is 16.2. The Morgan fingerprint density at radius 3 is 2.64 bits per heavy atom. The van der Waals surface area contributed by atoms with Crippen molar-refractivity contribution >= 4 is 27.4 Å². The largest absolute Gasteiger partial charge is 0.318 e. The number of halogens is 1. The van der Waals surface area contributed by atoms with Gasteiger partial charge < -0.3 is 4.90 Å². The molecule has 1 amide bonds. The van der Waals surface area contributed by atoms with Crippen LogP contribution in [-0.2, 0) is 11.2 Å². The molecule has 0 saturated carbocycles. The van der Waals surface area contributed by atoms with Gasteiger partial charge >= 0.3 is 0 Å². The maximum Gasteiger partial charge on any atom is 0.299 e. The van der Waals surface area contributed by atoms with Crippen molar-refractivity contribution in [3.8, 4) is 12.3 Å². The molecule has 2 nitrogen and oxygen atoms in total. The number of fused-ring (bicyclic) bond motifs is 2. The Bertz CT molecular complexity index is 920. The van der Waals surface area contributed by atoms with Gasteiger partial charge in [-0.25, -0.2) is 0 Å². The zero-order chi connectivity index (χ0) is 17.6. The van der Waals surface area contributed by atoms with Gasteiger partial charge in [0.2, 0.25) is 0 Å². The minimum absolute atomic E-state index is 0.0714. The number of carbonyl (C=O) groups excluding carboxylic acids is 1. The monoisotopic (exact) mass is 391 g/mol. The van der Waals surface area contributed by atoms with Gasteiger partial charge in [0.25, 0.3) is 5.91 Å². The molecule has 25 heavy (non-hydrogen) atoms. The lowest BCUT2D eigenvalue weighted by Crippen LogP contribution is -2.44. The molecule has 0 unspecified atom stereocenters. The van der Waals surface area contributed by atoms with E-state index < -0.39 is 0 Å². The van der Waals surface area contributed by atoms with E-state index in [0.29, 0.717) is 0 Å². The molecule has 2 aromatic carbocycles. The fourth-order valence-electron chi connectivity index (χ4n) is 4.17. The van der Waals surface area contributed by atoms with Crippen molar-refractivity contribution in [2.45, 2.75) is 31.8 Å². The molecule has 0 N–H and O–H groups in total. The molecule has 0 fully saturated rings. The highest BCUT2D eigenvalue weighted by Crippen LogP contribution is 2.48. The molecular formula is C22H18BrNO. The lowest BCUT2D eigenvalue weighted by molar-refractivity contribution is -0.129. The molecule has 2 aromatic rings. The van der Waals surface area contributed by atoms with Crippen molar-refractivity contribution in [3.63, 3.8) is 0 Å². The Morgan fingerprint density at radius 1 is 1.20 bits per heavy atom. The predicted octanol–water partition coefficient (Wildman–Crippen LogP) is 4.75. The van der Waals surface area contributed by atoms with Gasteiger partial charge in [0.15, 0.2) is 0 Å². The zero-order valence-electron chi connectivity index (χ0n) is 14.0. The number of terminal acetylenes is 1. The number of carbonyl (C=O) groups is 1. The maximum atomic E-state index is 12.5. The van der Waals surface area contributed by atoms with E-state index in [1.165, 1.54) is 22.3 Å². The van der Waals surface area contributed by atoms with Crippen LogP contribution in [0.1, 0.15) is 36.1 Å². The maximum absolute atomic E-state index is 12.5. The Balaban J connectivity index is 1.88. The molecule has 124 valence electrons. The van der Waals surface area contributed by atoms with Gasteiger partial charge in [-0.05, 0) is 65.7 Å². The zero-order valence-corrected chi connectivity index (χ0v) is 15.6. The van der Waals surface area contributed by atoms with Gasteiger partial charge in [-0.2, -0.15) is 0 Å². The summed E-state index contributed by atoms with van der Waals surface area (Å²) >= 11 is 3.49. The van der Waals surface area contributed by atoms with E-state index in [0.717, 1.165) is 22.9 Å². The van der Waals surface area contributed by atoms with Crippen molar-refractivity contribution in [2.24, 2.45) is 0 Å². The third-order valence-corrected chi connectivity index (χ3v) is 5.77. The smallest absolute Gasteiger partial charge is 0.299 e. The van der Waals surface area contributed by atoms with Crippen molar-refractivity contribution in [2.75, 3.05) is 0 Å². The van der Waals surface area contributed by atoms with Crippen molar-refractivity contribution in [1.82, 2.24) is 4.90 Å². The van der Waals surface area contributed by atoms with E-state index in [-0.39, 0.29) is 18.0 Å². The SMILES string of the molecule is C#CC(=O)N1[C@@H](c2ccc(Br)cc2)C2=C(C[C@@H]1C)c1ccccc1C2. The third-order valence-electron chi connectivity index (χ3n) is 5.24. The molecule has 2 aliphatic rings. The van der Waals surface area contributed by atoms with Crippen LogP contribution in [-0.4, -0.2) is 16.8 Å².